The molecule has 0 N–H and O–H groups in total. The predicted molar refractivity (Wildman–Crippen MR) is 60.3 cm³/mol. The quantitative estimate of drug-likeness (QED) is 0.663. The van der Waals surface area contributed by atoms with Gasteiger partial charge in [0, 0.05) is 12.5 Å². The van der Waals surface area contributed by atoms with Gasteiger partial charge in [-0.3, -0.25) is 4.79 Å². The zero-order chi connectivity index (χ0) is 12.3. The van der Waals surface area contributed by atoms with Gasteiger partial charge in [0.25, 0.3) is 0 Å². The minimum atomic E-state index is -0.554. The van der Waals surface area contributed by atoms with Crippen LogP contribution in [-0.2, 0) is 19.1 Å². The Labute approximate surface area is 101 Å². The van der Waals surface area contributed by atoms with Crippen LogP contribution in [0.4, 0.5) is 0 Å². The van der Waals surface area contributed by atoms with Crippen LogP contribution in [0.1, 0.15) is 25.7 Å². The molecule has 5 nitrogen and oxygen atoms in total. The van der Waals surface area contributed by atoms with Gasteiger partial charge in [0.2, 0.25) is 5.91 Å². The SMILES string of the molecule is COC(=O)C1COCCN1C(=O)C1CCCC1. The van der Waals surface area contributed by atoms with Crippen LogP contribution in [0, 0.1) is 5.92 Å². The van der Waals surface area contributed by atoms with Crippen LogP contribution in [0.3, 0.4) is 0 Å². The number of ether oxygens (including phenoxy) is 2. The summed E-state index contributed by atoms with van der Waals surface area (Å²) in [4.78, 5) is 25.5. The largest absolute Gasteiger partial charge is 0.467 e. The first kappa shape index (κ1) is 12.4. The number of hydrogen-bond donors (Lipinski definition) is 0. The molecule has 1 amide bonds. The lowest BCUT2D eigenvalue weighted by Gasteiger charge is -2.35. The van der Waals surface area contributed by atoms with Gasteiger partial charge < -0.3 is 14.4 Å². The third-order valence-electron chi connectivity index (χ3n) is 3.59. The number of methoxy groups -OCH3 is 1. The molecule has 1 aliphatic heterocycles. The summed E-state index contributed by atoms with van der Waals surface area (Å²) >= 11 is 0. The summed E-state index contributed by atoms with van der Waals surface area (Å²) in [6.07, 6.45) is 4.13. The fraction of sp³-hybridized carbons (Fsp3) is 0.833. The number of amides is 1. The van der Waals surface area contributed by atoms with Gasteiger partial charge in [0.15, 0.2) is 6.04 Å². The van der Waals surface area contributed by atoms with Crippen LogP contribution >= 0.6 is 0 Å². The third kappa shape index (κ3) is 2.60. The Balaban J connectivity index is 2.04. The summed E-state index contributed by atoms with van der Waals surface area (Å²) < 4.78 is 9.97. The molecular formula is C12H19NO4. The molecule has 17 heavy (non-hydrogen) atoms. The molecular weight excluding hydrogens is 222 g/mol. The van der Waals surface area contributed by atoms with Crippen molar-refractivity contribution in [3.8, 4) is 0 Å². The Kier molecular flexibility index (Phi) is 3.99. The lowest BCUT2D eigenvalue weighted by molar-refractivity contribution is -0.162. The van der Waals surface area contributed by atoms with Gasteiger partial charge in [-0.2, -0.15) is 0 Å². The molecule has 0 bridgehead atoms. The minimum Gasteiger partial charge on any atom is -0.467 e. The van der Waals surface area contributed by atoms with Gasteiger partial charge in [0.05, 0.1) is 20.3 Å². The van der Waals surface area contributed by atoms with E-state index in [1.54, 1.807) is 4.90 Å². The second kappa shape index (κ2) is 5.49. The maximum Gasteiger partial charge on any atom is 0.331 e. The van der Waals surface area contributed by atoms with E-state index in [1.165, 1.54) is 7.11 Å². The zero-order valence-corrected chi connectivity index (χ0v) is 10.2. The summed E-state index contributed by atoms with van der Waals surface area (Å²) in [6.45, 7) is 1.26. The van der Waals surface area contributed by atoms with Crippen molar-refractivity contribution in [3.63, 3.8) is 0 Å². The number of nitrogens with zero attached hydrogens (tertiary/aromatic N) is 1. The topological polar surface area (TPSA) is 55.8 Å². The summed E-state index contributed by atoms with van der Waals surface area (Å²) in [6, 6.07) is -0.554. The molecule has 0 aromatic heterocycles. The minimum absolute atomic E-state index is 0.0975. The van der Waals surface area contributed by atoms with E-state index in [0.717, 1.165) is 25.7 Å². The molecule has 0 radical (unpaired) electrons. The van der Waals surface area contributed by atoms with Gasteiger partial charge in [-0.1, -0.05) is 12.8 Å². The number of hydrogen-bond acceptors (Lipinski definition) is 4. The molecule has 2 aliphatic rings. The van der Waals surface area contributed by atoms with E-state index in [1.807, 2.05) is 0 Å². The highest BCUT2D eigenvalue weighted by Gasteiger charge is 2.37. The molecule has 1 saturated heterocycles. The lowest BCUT2D eigenvalue weighted by Crippen LogP contribution is -2.54. The molecule has 2 fully saturated rings. The standard InChI is InChI=1S/C12H19NO4/c1-16-12(15)10-8-17-7-6-13(10)11(14)9-4-2-3-5-9/h9-10H,2-8H2,1H3. The summed E-state index contributed by atoms with van der Waals surface area (Å²) in [7, 11) is 1.34. The smallest absolute Gasteiger partial charge is 0.331 e. The van der Waals surface area contributed by atoms with E-state index >= 15 is 0 Å². The average molecular weight is 241 g/mol. The number of morpholine rings is 1. The molecule has 1 saturated carbocycles. The average Bonchev–Trinajstić information content (AvgIpc) is 2.91. The molecule has 1 atom stereocenters. The van der Waals surface area contributed by atoms with Crippen molar-refractivity contribution in [1.82, 2.24) is 4.90 Å². The second-order valence-corrected chi connectivity index (χ2v) is 4.63. The maximum absolute atomic E-state index is 12.3. The van der Waals surface area contributed by atoms with Crippen LogP contribution in [0.5, 0.6) is 0 Å². The van der Waals surface area contributed by atoms with Crippen molar-refractivity contribution < 1.29 is 19.1 Å². The highest BCUT2D eigenvalue weighted by molar-refractivity contribution is 5.86. The molecule has 5 heteroatoms. The Hall–Kier alpha value is -1.10. The van der Waals surface area contributed by atoms with E-state index in [2.05, 4.69) is 0 Å². The van der Waals surface area contributed by atoms with E-state index in [4.69, 9.17) is 9.47 Å². The maximum atomic E-state index is 12.3. The van der Waals surface area contributed by atoms with Gasteiger partial charge in [-0.15, -0.1) is 0 Å². The van der Waals surface area contributed by atoms with Crippen molar-refractivity contribution in [1.29, 1.82) is 0 Å². The Morgan fingerprint density at radius 3 is 2.65 bits per heavy atom. The van der Waals surface area contributed by atoms with Crippen molar-refractivity contribution in [2.24, 2.45) is 5.92 Å². The second-order valence-electron chi connectivity index (χ2n) is 4.63. The van der Waals surface area contributed by atoms with Crippen molar-refractivity contribution in [3.05, 3.63) is 0 Å². The predicted octanol–water partition coefficient (Wildman–Crippen LogP) is 0.577. The normalized spacial score (nSPS) is 25.9. The number of carbonyl (C=O) groups excluding carboxylic acids is 2. The van der Waals surface area contributed by atoms with E-state index in [-0.39, 0.29) is 24.4 Å². The van der Waals surface area contributed by atoms with Gasteiger partial charge in [-0.25, -0.2) is 4.79 Å². The van der Waals surface area contributed by atoms with Gasteiger partial charge >= 0.3 is 5.97 Å². The Morgan fingerprint density at radius 1 is 1.29 bits per heavy atom. The van der Waals surface area contributed by atoms with Crippen LogP contribution < -0.4 is 0 Å². The van der Waals surface area contributed by atoms with Crippen LogP contribution in [0.15, 0.2) is 0 Å². The van der Waals surface area contributed by atoms with Crippen molar-refractivity contribution in [2.75, 3.05) is 26.9 Å². The Morgan fingerprint density at radius 2 is 2.00 bits per heavy atom. The first-order chi connectivity index (χ1) is 8.24. The fourth-order valence-electron chi connectivity index (χ4n) is 2.61. The summed E-state index contributed by atoms with van der Waals surface area (Å²) in [5.41, 5.74) is 0. The first-order valence-corrected chi connectivity index (χ1v) is 6.20. The molecule has 0 aromatic rings. The van der Waals surface area contributed by atoms with Crippen LogP contribution in [0.2, 0.25) is 0 Å². The molecule has 1 heterocycles. The highest BCUT2D eigenvalue weighted by Crippen LogP contribution is 2.27. The van der Waals surface area contributed by atoms with Gasteiger partial charge in [0.1, 0.15) is 0 Å². The molecule has 1 unspecified atom stereocenters. The van der Waals surface area contributed by atoms with Crippen molar-refractivity contribution >= 4 is 11.9 Å². The molecule has 1 aliphatic carbocycles. The van der Waals surface area contributed by atoms with Crippen molar-refractivity contribution in [2.45, 2.75) is 31.7 Å². The van der Waals surface area contributed by atoms with E-state index in [0.29, 0.717) is 13.2 Å². The molecule has 96 valence electrons. The van der Waals surface area contributed by atoms with E-state index < -0.39 is 6.04 Å². The van der Waals surface area contributed by atoms with Gasteiger partial charge in [-0.05, 0) is 12.8 Å². The Bertz CT molecular complexity index is 299. The molecule has 0 aromatic carbocycles. The zero-order valence-electron chi connectivity index (χ0n) is 10.2. The van der Waals surface area contributed by atoms with Crippen LogP contribution in [0.25, 0.3) is 0 Å². The molecule has 2 rings (SSSR count). The monoisotopic (exact) mass is 241 g/mol. The van der Waals surface area contributed by atoms with E-state index in [9.17, 15) is 9.59 Å². The van der Waals surface area contributed by atoms with Crippen LogP contribution in [-0.4, -0.2) is 49.7 Å². The summed E-state index contributed by atoms with van der Waals surface area (Å²) in [5, 5.41) is 0. The lowest BCUT2D eigenvalue weighted by atomic mass is 10.0. The fourth-order valence-corrected chi connectivity index (χ4v) is 2.61. The number of carbonyl (C=O) groups is 2. The first-order valence-electron chi connectivity index (χ1n) is 6.20. The molecule has 0 spiro atoms. The highest BCUT2D eigenvalue weighted by atomic mass is 16.5. The number of rotatable bonds is 2. The number of esters is 1. The third-order valence-corrected chi connectivity index (χ3v) is 3.59. The summed E-state index contributed by atoms with van der Waals surface area (Å²) in [5.74, 6) is -0.183.